The van der Waals surface area contributed by atoms with E-state index in [-0.39, 0.29) is 0 Å². The first kappa shape index (κ1) is 38.2. The van der Waals surface area contributed by atoms with E-state index in [2.05, 4.69) is 205 Å². The lowest BCUT2D eigenvalue weighted by molar-refractivity contribution is 0.669. The van der Waals surface area contributed by atoms with Crippen molar-refractivity contribution in [1.29, 1.82) is 0 Å². The molecule has 0 saturated carbocycles. The Morgan fingerprint density at radius 3 is 1.50 bits per heavy atom. The van der Waals surface area contributed by atoms with Crippen LogP contribution >= 0.6 is 0 Å². The Morgan fingerprint density at radius 1 is 0.309 bits per heavy atom. The van der Waals surface area contributed by atoms with E-state index in [0.717, 1.165) is 88.9 Å². The number of fused-ring (bicyclic) bond motifs is 11. The smallest absolute Gasteiger partial charge is 0.136 e. The van der Waals surface area contributed by atoms with Crippen molar-refractivity contribution in [3.05, 3.63) is 237 Å². The van der Waals surface area contributed by atoms with Crippen molar-refractivity contribution in [1.82, 2.24) is 14.5 Å². The van der Waals surface area contributed by atoms with Gasteiger partial charge >= 0.3 is 0 Å². The molecule has 0 aliphatic heterocycles. The van der Waals surface area contributed by atoms with Crippen molar-refractivity contribution in [3.8, 4) is 61.6 Å². The van der Waals surface area contributed by atoms with Crippen LogP contribution in [0.1, 0.15) is 0 Å². The molecular weight excluding hydrogens is 827 g/mol. The zero-order chi connectivity index (χ0) is 44.7. The van der Waals surface area contributed by atoms with Gasteiger partial charge in [-0.25, -0.2) is 9.97 Å². The van der Waals surface area contributed by atoms with Crippen molar-refractivity contribution < 1.29 is 4.42 Å². The van der Waals surface area contributed by atoms with E-state index >= 15 is 0 Å². The minimum absolute atomic E-state index is 0.845. The summed E-state index contributed by atoms with van der Waals surface area (Å²) in [5.74, 6) is 0. The predicted molar refractivity (Wildman–Crippen MR) is 283 cm³/mol. The van der Waals surface area contributed by atoms with Gasteiger partial charge in [0.1, 0.15) is 11.2 Å². The summed E-state index contributed by atoms with van der Waals surface area (Å²) in [6.45, 7) is 0. The van der Waals surface area contributed by atoms with Crippen LogP contribution in [-0.2, 0) is 0 Å². The average Bonchev–Trinajstić information content (AvgIpc) is 3.96. The molecule has 316 valence electrons. The van der Waals surface area contributed by atoms with E-state index in [1.54, 1.807) is 0 Å². The molecule has 4 nitrogen and oxygen atoms in total. The fourth-order valence-electron chi connectivity index (χ4n) is 10.5. The molecule has 14 aromatic rings. The molecule has 0 bridgehead atoms. The Hall–Kier alpha value is -9.12. The molecular formula is C64H39N3O. The quantitative estimate of drug-likeness (QED) is 0.167. The predicted octanol–water partition coefficient (Wildman–Crippen LogP) is 17.3. The highest BCUT2D eigenvalue weighted by atomic mass is 16.3. The first-order valence-corrected chi connectivity index (χ1v) is 23.1. The molecule has 0 fully saturated rings. The Balaban J connectivity index is 0.918. The fourth-order valence-corrected chi connectivity index (χ4v) is 10.5. The van der Waals surface area contributed by atoms with Gasteiger partial charge in [0, 0.05) is 38.4 Å². The number of nitrogens with zero attached hydrogens (tertiary/aromatic N) is 3. The van der Waals surface area contributed by atoms with Gasteiger partial charge in [-0.1, -0.05) is 182 Å². The summed E-state index contributed by atoms with van der Waals surface area (Å²) in [6.07, 6.45) is 0. The van der Waals surface area contributed by atoms with Crippen molar-refractivity contribution in [2.45, 2.75) is 0 Å². The fraction of sp³-hybridized carbons (Fsp3) is 0. The maximum atomic E-state index is 6.44. The average molecular weight is 866 g/mol. The van der Waals surface area contributed by atoms with Gasteiger partial charge in [-0.3, -0.25) is 0 Å². The van der Waals surface area contributed by atoms with E-state index in [9.17, 15) is 0 Å². The van der Waals surface area contributed by atoms with Gasteiger partial charge in [0.2, 0.25) is 0 Å². The van der Waals surface area contributed by atoms with Crippen LogP contribution in [-0.4, -0.2) is 14.5 Å². The Kier molecular flexibility index (Phi) is 8.55. The Labute approximate surface area is 391 Å². The molecule has 0 aliphatic carbocycles. The molecule has 3 heterocycles. The summed E-state index contributed by atoms with van der Waals surface area (Å²) in [5, 5.41) is 9.61. The number of rotatable bonds is 6. The van der Waals surface area contributed by atoms with Crippen molar-refractivity contribution in [2.75, 3.05) is 0 Å². The molecule has 0 saturated heterocycles. The maximum Gasteiger partial charge on any atom is 0.136 e. The van der Waals surface area contributed by atoms with Gasteiger partial charge in [0.15, 0.2) is 0 Å². The minimum atomic E-state index is 0.845. The van der Waals surface area contributed by atoms with E-state index in [1.807, 2.05) is 36.4 Å². The molecule has 0 unspecified atom stereocenters. The maximum absolute atomic E-state index is 6.44. The number of aromatic nitrogens is 3. The third kappa shape index (κ3) is 6.08. The summed E-state index contributed by atoms with van der Waals surface area (Å²) < 4.78 is 8.88. The van der Waals surface area contributed by atoms with Crippen LogP contribution in [0, 0.1) is 0 Å². The highest BCUT2D eigenvalue weighted by Crippen LogP contribution is 2.45. The van der Waals surface area contributed by atoms with Crippen LogP contribution in [0.3, 0.4) is 0 Å². The lowest BCUT2D eigenvalue weighted by Gasteiger charge is -2.14. The first-order valence-electron chi connectivity index (χ1n) is 23.1. The van der Waals surface area contributed by atoms with E-state index in [1.165, 1.54) is 49.0 Å². The SMILES string of the molecule is c1ccc(-c2ccc(-c3ccc(-c4nc5ccccc5nc4-c4ccc(-n5c6ccc7ccccc7c6c6c7ccccc7c(-c7ccc8c(c7)oc7ccccc78)cc65)cc4)cc3)cc2)cc1. The lowest BCUT2D eigenvalue weighted by Crippen LogP contribution is -1.97. The summed E-state index contributed by atoms with van der Waals surface area (Å²) >= 11 is 0. The second-order valence-corrected chi connectivity index (χ2v) is 17.7. The third-order valence-electron chi connectivity index (χ3n) is 13.8. The Bertz CT molecular complexity index is 4280. The minimum Gasteiger partial charge on any atom is -0.456 e. The number of benzene rings is 11. The molecule has 14 rings (SSSR count). The molecule has 0 spiro atoms. The largest absolute Gasteiger partial charge is 0.456 e. The molecule has 0 atom stereocenters. The number of hydrogen-bond donors (Lipinski definition) is 0. The normalized spacial score (nSPS) is 11.8. The van der Waals surface area contributed by atoms with Crippen molar-refractivity contribution in [2.24, 2.45) is 0 Å². The third-order valence-corrected chi connectivity index (χ3v) is 13.8. The lowest BCUT2D eigenvalue weighted by atomic mass is 9.93. The van der Waals surface area contributed by atoms with Crippen molar-refractivity contribution >= 4 is 76.3 Å². The molecule has 0 N–H and O–H groups in total. The van der Waals surface area contributed by atoms with Gasteiger partial charge in [-0.15, -0.1) is 0 Å². The summed E-state index contributed by atoms with van der Waals surface area (Å²) in [6, 6.07) is 84.5. The van der Waals surface area contributed by atoms with Crippen LogP contribution in [0.2, 0.25) is 0 Å². The van der Waals surface area contributed by atoms with Gasteiger partial charge < -0.3 is 8.98 Å². The van der Waals surface area contributed by atoms with Gasteiger partial charge in [-0.2, -0.15) is 0 Å². The zero-order valence-corrected chi connectivity index (χ0v) is 36.8. The molecule has 68 heavy (non-hydrogen) atoms. The van der Waals surface area contributed by atoms with Crippen molar-refractivity contribution in [3.63, 3.8) is 0 Å². The Morgan fingerprint density at radius 2 is 0.809 bits per heavy atom. The number of para-hydroxylation sites is 3. The molecule has 0 amide bonds. The highest BCUT2D eigenvalue weighted by molar-refractivity contribution is 6.30. The number of hydrogen-bond acceptors (Lipinski definition) is 3. The second kappa shape index (κ2) is 15.2. The van der Waals surface area contributed by atoms with Crippen LogP contribution < -0.4 is 0 Å². The topological polar surface area (TPSA) is 43.9 Å². The standard InChI is InChI=1S/C64H39N3O/c1-2-12-40(13-3-1)41-22-24-42(25-23-41)43-26-28-45(29-27-43)63-64(66-56-20-10-9-19-55(56)65-63)46-30-34-48(35-31-46)67-57-37-33-44-14-4-5-15-49(44)61(57)62-53-18-7-6-16-50(53)54(39-58(62)67)47-32-36-52-51-17-8-11-21-59(51)68-60(52)38-47/h1-39H. The number of furan rings is 1. The summed E-state index contributed by atoms with van der Waals surface area (Å²) in [4.78, 5) is 10.6. The van der Waals surface area contributed by atoms with Gasteiger partial charge in [-0.05, 0) is 110 Å². The van der Waals surface area contributed by atoms with Crippen LogP contribution in [0.4, 0.5) is 0 Å². The van der Waals surface area contributed by atoms with E-state index in [4.69, 9.17) is 14.4 Å². The van der Waals surface area contributed by atoms with Crippen LogP contribution in [0.5, 0.6) is 0 Å². The molecule has 0 radical (unpaired) electrons. The van der Waals surface area contributed by atoms with E-state index in [0.29, 0.717) is 0 Å². The van der Waals surface area contributed by atoms with Crippen LogP contribution in [0.25, 0.3) is 138 Å². The molecule has 3 aromatic heterocycles. The van der Waals surface area contributed by atoms with Gasteiger partial charge in [0.25, 0.3) is 0 Å². The highest BCUT2D eigenvalue weighted by Gasteiger charge is 2.21. The molecule has 0 aliphatic rings. The van der Waals surface area contributed by atoms with Crippen LogP contribution in [0.15, 0.2) is 241 Å². The molecule has 4 heteroatoms. The van der Waals surface area contributed by atoms with E-state index < -0.39 is 0 Å². The monoisotopic (exact) mass is 865 g/mol. The zero-order valence-electron chi connectivity index (χ0n) is 36.8. The molecule has 11 aromatic carbocycles. The van der Waals surface area contributed by atoms with Gasteiger partial charge in [0.05, 0.1) is 33.5 Å². The summed E-state index contributed by atoms with van der Waals surface area (Å²) in [7, 11) is 0. The first-order chi connectivity index (χ1) is 33.7. The summed E-state index contributed by atoms with van der Waals surface area (Å²) in [5.41, 5.74) is 17.6. The second-order valence-electron chi connectivity index (χ2n) is 17.7.